The smallest absolute Gasteiger partial charge is 0.347 e. The predicted octanol–water partition coefficient (Wildman–Crippen LogP) is 1.92. The first-order valence-corrected chi connectivity index (χ1v) is 3.30. The number of carboxylic acid groups (broad SMARTS) is 3. The zero-order valence-corrected chi connectivity index (χ0v) is 6.63. The molecular weight excluding hydrogens is 198 g/mol. The van der Waals surface area contributed by atoms with Crippen molar-refractivity contribution in [3.05, 3.63) is 0 Å². The van der Waals surface area contributed by atoms with Crippen molar-refractivity contribution in [2.24, 2.45) is 0 Å². The molecule has 3 N–H and O–H groups in total. The molecule has 0 amide bonds. The zero-order valence-electron chi connectivity index (χ0n) is 4.92. The van der Waals surface area contributed by atoms with Gasteiger partial charge in [0.15, 0.2) is 0 Å². The summed E-state index contributed by atoms with van der Waals surface area (Å²) in [4.78, 5) is 29.5. The summed E-state index contributed by atoms with van der Waals surface area (Å²) in [6, 6.07) is 0. The fourth-order valence-electron chi connectivity index (χ4n) is 0.245. The Bertz CT molecular complexity index is 157. The van der Waals surface area contributed by atoms with Crippen LogP contribution in [0.3, 0.4) is 0 Å². The maximum Gasteiger partial charge on any atom is 0.347 e. The predicted molar refractivity (Wildman–Crippen MR) is 38.2 cm³/mol. The molecule has 0 aliphatic rings. The van der Waals surface area contributed by atoms with E-state index in [1.54, 1.807) is 0 Å². The van der Waals surface area contributed by atoms with Crippen molar-refractivity contribution in [1.29, 1.82) is 0 Å². The fourth-order valence-corrected chi connectivity index (χ4v) is 0.736. The van der Waals surface area contributed by atoms with Gasteiger partial charge in [0.05, 0.1) is 0 Å². The third-order valence-corrected chi connectivity index (χ3v) is 1.72. The van der Waals surface area contributed by atoms with Crippen molar-refractivity contribution in [2.45, 2.75) is 0 Å². The van der Waals surface area contributed by atoms with E-state index in [0.29, 0.717) is 0 Å². The lowest BCUT2D eigenvalue weighted by Crippen LogP contribution is -2.06. The van der Waals surface area contributed by atoms with E-state index in [1.165, 1.54) is 0 Å². The van der Waals surface area contributed by atoms with Gasteiger partial charge in [0.1, 0.15) is 0 Å². The Labute approximate surface area is 68.0 Å². The Morgan fingerprint density at radius 3 is 1.00 bits per heavy atom. The SMILES string of the molecule is Cl.O=C(O)P(C(=O)O)C(=O)O. The molecule has 8 heteroatoms. The van der Waals surface area contributed by atoms with Crippen molar-refractivity contribution in [3.8, 4) is 0 Å². The van der Waals surface area contributed by atoms with Crippen LogP contribution in [0.5, 0.6) is 0 Å². The molecule has 0 rings (SSSR count). The number of hydrogen-bond acceptors (Lipinski definition) is 3. The van der Waals surface area contributed by atoms with Crippen LogP contribution in [-0.4, -0.2) is 32.5 Å². The fraction of sp³-hybridized carbons (Fsp3) is 0. The largest absolute Gasteiger partial charge is 0.477 e. The van der Waals surface area contributed by atoms with E-state index in [-0.39, 0.29) is 12.4 Å². The van der Waals surface area contributed by atoms with E-state index >= 15 is 0 Å². The maximum absolute atomic E-state index is 9.85. The molecule has 0 fully saturated rings. The summed E-state index contributed by atoms with van der Waals surface area (Å²) in [5, 5.41) is 23.9. The van der Waals surface area contributed by atoms with Gasteiger partial charge in [-0.15, -0.1) is 12.4 Å². The summed E-state index contributed by atoms with van der Waals surface area (Å²) in [6.45, 7) is 0. The maximum atomic E-state index is 9.85. The molecule has 11 heavy (non-hydrogen) atoms. The highest BCUT2D eigenvalue weighted by Gasteiger charge is 2.33. The van der Waals surface area contributed by atoms with Crippen molar-refractivity contribution in [2.75, 3.05) is 0 Å². The molecule has 0 aliphatic heterocycles. The lowest BCUT2D eigenvalue weighted by Gasteiger charge is -1.97. The van der Waals surface area contributed by atoms with Crippen LogP contribution in [0.4, 0.5) is 14.4 Å². The summed E-state index contributed by atoms with van der Waals surface area (Å²) >= 11 is 0. The third-order valence-electron chi connectivity index (χ3n) is 0.574. The van der Waals surface area contributed by atoms with E-state index in [9.17, 15) is 14.4 Å². The quantitative estimate of drug-likeness (QED) is 0.603. The molecule has 0 saturated heterocycles. The molecule has 0 radical (unpaired) electrons. The minimum Gasteiger partial charge on any atom is -0.477 e. The molecule has 0 aliphatic carbocycles. The van der Waals surface area contributed by atoms with Crippen LogP contribution in [0.2, 0.25) is 0 Å². The Hall–Kier alpha value is -0.870. The zero-order chi connectivity index (χ0) is 8.31. The summed E-state index contributed by atoms with van der Waals surface area (Å²) in [5.74, 6) is 0. The molecule has 0 unspecified atom stereocenters. The van der Waals surface area contributed by atoms with Gasteiger partial charge in [-0.2, -0.15) is 0 Å². The summed E-state index contributed by atoms with van der Waals surface area (Å²) < 4.78 is 0. The van der Waals surface area contributed by atoms with Gasteiger partial charge in [0.25, 0.3) is 0 Å². The normalized spacial score (nSPS) is 8.45. The van der Waals surface area contributed by atoms with Crippen molar-refractivity contribution < 1.29 is 29.7 Å². The Morgan fingerprint density at radius 1 is 0.818 bits per heavy atom. The second-order valence-corrected chi connectivity index (χ2v) is 3.00. The first-order valence-electron chi connectivity index (χ1n) is 1.95. The van der Waals surface area contributed by atoms with Gasteiger partial charge in [0.2, 0.25) is 7.92 Å². The van der Waals surface area contributed by atoms with Gasteiger partial charge in [0, 0.05) is 0 Å². The summed E-state index contributed by atoms with van der Waals surface area (Å²) in [6.07, 6.45) is 0. The number of carbonyl (C=O) groups is 3. The lowest BCUT2D eigenvalue weighted by atomic mass is 11.5. The van der Waals surface area contributed by atoms with Gasteiger partial charge in [-0.05, 0) is 0 Å². The minimum atomic E-state index is -2.99. The van der Waals surface area contributed by atoms with E-state index < -0.39 is 25.1 Å². The van der Waals surface area contributed by atoms with Crippen LogP contribution >= 0.6 is 20.3 Å². The molecule has 0 saturated carbocycles. The topological polar surface area (TPSA) is 112 Å². The van der Waals surface area contributed by atoms with Crippen LogP contribution in [0, 0.1) is 0 Å². The van der Waals surface area contributed by atoms with Crippen LogP contribution in [0.25, 0.3) is 0 Å². The minimum absolute atomic E-state index is 0. The first kappa shape index (κ1) is 12.8. The molecule has 0 atom stereocenters. The van der Waals surface area contributed by atoms with Crippen LogP contribution in [0.1, 0.15) is 0 Å². The highest BCUT2D eigenvalue weighted by Crippen LogP contribution is 2.37. The Morgan fingerprint density at radius 2 is 1.00 bits per heavy atom. The Balaban J connectivity index is 0. The third kappa shape index (κ3) is 3.75. The molecule has 0 aromatic heterocycles. The van der Waals surface area contributed by atoms with Crippen LogP contribution < -0.4 is 0 Å². The number of hydrogen-bond donors (Lipinski definition) is 3. The first-order chi connectivity index (χ1) is 4.46. The van der Waals surface area contributed by atoms with E-state index in [2.05, 4.69) is 0 Å². The van der Waals surface area contributed by atoms with Gasteiger partial charge in [-0.1, -0.05) is 0 Å². The number of rotatable bonds is 3. The van der Waals surface area contributed by atoms with Gasteiger partial charge in [-0.3, -0.25) is 0 Å². The summed E-state index contributed by atoms with van der Waals surface area (Å²) in [5.41, 5.74) is -5.43. The van der Waals surface area contributed by atoms with E-state index in [0.717, 1.165) is 0 Å². The van der Waals surface area contributed by atoms with Crippen LogP contribution in [0.15, 0.2) is 0 Å². The van der Waals surface area contributed by atoms with E-state index in [1.807, 2.05) is 0 Å². The molecular formula is C3H4ClO6P. The standard InChI is InChI=1S/C3H3O6P.ClH/c4-1(5)10(2(6)7)3(8)9;/h(H,4,5)(H,6,7)(H,8,9);1H. The van der Waals surface area contributed by atoms with Crippen molar-refractivity contribution in [3.63, 3.8) is 0 Å². The second-order valence-electron chi connectivity index (χ2n) is 1.18. The molecule has 0 heterocycles. The Kier molecular flexibility index (Phi) is 5.66. The van der Waals surface area contributed by atoms with Crippen molar-refractivity contribution >= 4 is 37.5 Å². The molecule has 0 spiro atoms. The average molecular weight is 202 g/mol. The van der Waals surface area contributed by atoms with Crippen molar-refractivity contribution in [1.82, 2.24) is 0 Å². The molecule has 0 aromatic carbocycles. The molecule has 6 nitrogen and oxygen atoms in total. The van der Waals surface area contributed by atoms with Gasteiger partial charge in [-0.25, -0.2) is 14.4 Å². The molecule has 64 valence electrons. The average Bonchev–Trinajstić information content (AvgIpc) is 1.59. The second kappa shape index (κ2) is 4.87. The van der Waals surface area contributed by atoms with Gasteiger partial charge < -0.3 is 15.3 Å². The van der Waals surface area contributed by atoms with Crippen LogP contribution in [-0.2, 0) is 0 Å². The summed E-state index contributed by atoms with van der Waals surface area (Å²) in [7, 11) is -2.99. The lowest BCUT2D eigenvalue weighted by molar-refractivity contribution is 0.209. The number of halogens is 1. The monoisotopic (exact) mass is 202 g/mol. The van der Waals surface area contributed by atoms with E-state index in [4.69, 9.17) is 15.3 Å². The molecule has 0 bridgehead atoms. The highest BCUT2D eigenvalue weighted by molar-refractivity contribution is 8.00. The highest BCUT2D eigenvalue weighted by atomic mass is 35.5. The van der Waals surface area contributed by atoms with Gasteiger partial charge >= 0.3 is 17.1 Å². The molecule has 0 aromatic rings.